The molecule has 0 bridgehead atoms. The number of anilines is 1. The summed E-state index contributed by atoms with van der Waals surface area (Å²) in [5, 5.41) is 6.65. The lowest BCUT2D eigenvalue weighted by Gasteiger charge is -2.25. The Bertz CT molecular complexity index is 1280. The van der Waals surface area contributed by atoms with E-state index < -0.39 is 0 Å². The molecule has 1 unspecified atom stereocenters. The molecule has 6 nitrogen and oxygen atoms in total. The van der Waals surface area contributed by atoms with Crippen LogP contribution in [0.5, 0.6) is 11.5 Å². The number of para-hydroxylation sites is 1. The number of ether oxygens (including phenoxy) is 2. The van der Waals surface area contributed by atoms with E-state index in [1.54, 1.807) is 31.8 Å². The average Bonchev–Trinajstić information content (AvgIpc) is 3.41. The van der Waals surface area contributed by atoms with Crippen LogP contribution in [-0.2, 0) is 17.8 Å². The van der Waals surface area contributed by atoms with Crippen molar-refractivity contribution in [3.05, 3.63) is 82.7 Å². The van der Waals surface area contributed by atoms with Crippen LogP contribution in [0, 0.1) is 0 Å². The van der Waals surface area contributed by atoms with Gasteiger partial charge in [-0.05, 0) is 49.4 Å². The third-order valence-corrected chi connectivity index (χ3v) is 7.07. The number of benzene rings is 2. The topological polar surface area (TPSA) is 63.7 Å². The third kappa shape index (κ3) is 6.55. The van der Waals surface area contributed by atoms with Crippen LogP contribution < -0.4 is 14.8 Å². The number of pyridine rings is 1. The fourth-order valence-electron chi connectivity index (χ4n) is 4.32. The highest BCUT2D eigenvalue weighted by Crippen LogP contribution is 2.28. The van der Waals surface area contributed by atoms with Crippen LogP contribution in [-0.4, -0.2) is 42.6 Å². The first-order chi connectivity index (χ1) is 17.6. The molecule has 4 rings (SSSR count). The minimum absolute atomic E-state index is 0.131. The highest BCUT2D eigenvalue weighted by molar-refractivity contribution is 7.10. The first-order valence-electron chi connectivity index (χ1n) is 12.2. The number of thiophene rings is 1. The maximum atomic E-state index is 13.3. The number of amides is 1. The van der Waals surface area contributed by atoms with Crippen LogP contribution >= 0.6 is 11.3 Å². The molecule has 0 spiro atoms. The maximum absolute atomic E-state index is 13.3. The monoisotopic (exact) mass is 503 g/mol. The van der Waals surface area contributed by atoms with E-state index in [1.807, 2.05) is 70.9 Å². The number of hydrogen-bond donors (Lipinski definition) is 1. The van der Waals surface area contributed by atoms with Crippen molar-refractivity contribution in [3.63, 3.8) is 0 Å². The molecule has 1 N–H and O–H groups in total. The van der Waals surface area contributed by atoms with Crippen LogP contribution in [0.4, 0.5) is 5.69 Å². The van der Waals surface area contributed by atoms with Crippen molar-refractivity contribution in [2.45, 2.75) is 38.8 Å². The van der Waals surface area contributed by atoms with Crippen LogP contribution in [0.1, 0.15) is 30.2 Å². The van der Waals surface area contributed by atoms with E-state index in [4.69, 9.17) is 9.47 Å². The minimum atomic E-state index is 0.131. The Morgan fingerprint density at radius 3 is 2.72 bits per heavy atom. The summed E-state index contributed by atoms with van der Waals surface area (Å²) in [5.41, 5.74) is 2.89. The van der Waals surface area contributed by atoms with Gasteiger partial charge in [-0.25, -0.2) is 0 Å². The van der Waals surface area contributed by atoms with Crippen molar-refractivity contribution in [2.75, 3.05) is 26.1 Å². The molecule has 0 saturated carbocycles. The van der Waals surface area contributed by atoms with Crippen LogP contribution in [0.15, 0.2) is 72.2 Å². The number of aromatic nitrogens is 1. The Morgan fingerprint density at radius 1 is 1.08 bits per heavy atom. The summed E-state index contributed by atoms with van der Waals surface area (Å²) in [6.07, 6.45) is 4.00. The molecule has 188 valence electrons. The summed E-state index contributed by atoms with van der Waals surface area (Å²) in [7, 11) is 3.34. The van der Waals surface area contributed by atoms with Gasteiger partial charge in [-0.1, -0.05) is 30.3 Å². The van der Waals surface area contributed by atoms with Gasteiger partial charge in [0, 0.05) is 47.2 Å². The van der Waals surface area contributed by atoms with Crippen molar-refractivity contribution in [2.24, 2.45) is 0 Å². The SMILES string of the molecule is COc1cc(NC(C)CCCN(Cc2ccccc2OC)C(=O)Cc2cccs2)c2ncccc2c1. The number of nitrogens with one attached hydrogen (secondary N) is 1. The Balaban J connectivity index is 1.42. The Kier molecular flexibility index (Phi) is 8.79. The Labute approximate surface area is 216 Å². The molecule has 0 aliphatic carbocycles. The van der Waals surface area contributed by atoms with E-state index in [-0.39, 0.29) is 11.9 Å². The number of methoxy groups -OCH3 is 2. The van der Waals surface area contributed by atoms with Crippen molar-refractivity contribution >= 4 is 33.8 Å². The third-order valence-electron chi connectivity index (χ3n) is 6.19. The standard InChI is InChI=1S/C29H33N3O3S/c1-21(31-26-18-24(34-2)17-22-11-6-14-30-29(22)26)9-7-15-32(28(33)19-25-12-8-16-36-25)20-23-10-4-5-13-27(23)35-3/h4-6,8,10-14,16-18,21,31H,7,9,15,19-20H2,1-3H3. The van der Waals surface area contributed by atoms with E-state index in [2.05, 4.69) is 17.2 Å². The van der Waals surface area contributed by atoms with Crippen molar-refractivity contribution < 1.29 is 14.3 Å². The van der Waals surface area contributed by atoms with Gasteiger partial charge in [0.15, 0.2) is 0 Å². The highest BCUT2D eigenvalue weighted by Gasteiger charge is 2.18. The smallest absolute Gasteiger partial charge is 0.228 e. The van der Waals surface area contributed by atoms with Crippen LogP contribution in [0.2, 0.25) is 0 Å². The molecular formula is C29H33N3O3S. The number of fused-ring (bicyclic) bond motifs is 1. The van der Waals surface area contributed by atoms with E-state index in [9.17, 15) is 4.79 Å². The molecular weight excluding hydrogens is 470 g/mol. The summed E-state index contributed by atoms with van der Waals surface area (Å²) in [6.45, 7) is 3.36. The molecule has 2 aromatic heterocycles. The van der Waals surface area contributed by atoms with Gasteiger partial charge in [0.05, 0.1) is 31.8 Å². The second-order valence-corrected chi connectivity index (χ2v) is 9.85. The van der Waals surface area contributed by atoms with Gasteiger partial charge in [-0.2, -0.15) is 0 Å². The molecule has 0 radical (unpaired) electrons. The van der Waals surface area contributed by atoms with Crippen LogP contribution in [0.3, 0.4) is 0 Å². The van der Waals surface area contributed by atoms with Gasteiger partial charge in [0.1, 0.15) is 11.5 Å². The van der Waals surface area contributed by atoms with Crippen molar-refractivity contribution in [1.29, 1.82) is 0 Å². The quantitative estimate of drug-likeness (QED) is 0.251. The number of rotatable bonds is 12. The van der Waals surface area contributed by atoms with Gasteiger partial charge < -0.3 is 19.7 Å². The normalized spacial score (nSPS) is 11.8. The zero-order chi connectivity index (χ0) is 25.3. The second-order valence-electron chi connectivity index (χ2n) is 8.82. The summed E-state index contributed by atoms with van der Waals surface area (Å²) in [6, 6.07) is 20.0. The molecule has 0 aliphatic heterocycles. The molecule has 7 heteroatoms. The van der Waals surface area contributed by atoms with E-state index in [0.717, 1.165) is 51.4 Å². The number of nitrogens with zero attached hydrogens (tertiary/aromatic N) is 2. The predicted octanol–water partition coefficient (Wildman–Crippen LogP) is 6.17. The van der Waals surface area contributed by atoms with Gasteiger partial charge in [0.25, 0.3) is 0 Å². The van der Waals surface area contributed by atoms with Gasteiger partial charge in [0.2, 0.25) is 5.91 Å². The average molecular weight is 504 g/mol. The molecule has 0 saturated heterocycles. The molecule has 2 heterocycles. The zero-order valence-corrected chi connectivity index (χ0v) is 21.9. The molecule has 4 aromatic rings. The first kappa shape index (κ1) is 25.5. The second kappa shape index (κ2) is 12.4. The van der Waals surface area contributed by atoms with Gasteiger partial charge >= 0.3 is 0 Å². The van der Waals surface area contributed by atoms with E-state index >= 15 is 0 Å². The van der Waals surface area contributed by atoms with E-state index in [0.29, 0.717) is 19.5 Å². The van der Waals surface area contributed by atoms with E-state index in [1.165, 1.54) is 0 Å². The lowest BCUT2D eigenvalue weighted by molar-refractivity contribution is -0.131. The number of hydrogen-bond acceptors (Lipinski definition) is 6. The Morgan fingerprint density at radius 2 is 1.94 bits per heavy atom. The fourth-order valence-corrected chi connectivity index (χ4v) is 5.02. The summed E-state index contributed by atoms with van der Waals surface area (Å²) in [4.78, 5) is 20.8. The fraction of sp³-hybridized carbons (Fsp3) is 0.310. The van der Waals surface area contributed by atoms with Gasteiger partial charge in [-0.3, -0.25) is 9.78 Å². The van der Waals surface area contributed by atoms with Gasteiger partial charge in [-0.15, -0.1) is 11.3 Å². The lowest BCUT2D eigenvalue weighted by atomic mass is 10.1. The highest BCUT2D eigenvalue weighted by atomic mass is 32.1. The molecule has 0 aliphatic rings. The molecule has 36 heavy (non-hydrogen) atoms. The van der Waals surface area contributed by atoms with Crippen molar-refractivity contribution in [1.82, 2.24) is 9.88 Å². The predicted molar refractivity (Wildman–Crippen MR) is 147 cm³/mol. The molecule has 1 amide bonds. The zero-order valence-electron chi connectivity index (χ0n) is 21.1. The maximum Gasteiger partial charge on any atom is 0.228 e. The minimum Gasteiger partial charge on any atom is -0.497 e. The number of carbonyl (C=O) groups is 1. The molecule has 0 fully saturated rings. The molecule has 2 aromatic carbocycles. The lowest BCUT2D eigenvalue weighted by Crippen LogP contribution is -2.33. The number of carbonyl (C=O) groups excluding carboxylic acids is 1. The first-order valence-corrected chi connectivity index (χ1v) is 13.1. The molecule has 1 atom stereocenters. The summed E-state index contributed by atoms with van der Waals surface area (Å²) >= 11 is 1.62. The largest absolute Gasteiger partial charge is 0.497 e. The Hall–Kier alpha value is -3.58. The van der Waals surface area contributed by atoms with Crippen molar-refractivity contribution in [3.8, 4) is 11.5 Å². The summed E-state index contributed by atoms with van der Waals surface area (Å²) in [5.74, 6) is 1.73. The van der Waals surface area contributed by atoms with Crippen LogP contribution in [0.25, 0.3) is 10.9 Å². The summed E-state index contributed by atoms with van der Waals surface area (Å²) < 4.78 is 11.0.